The van der Waals surface area contributed by atoms with Crippen molar-refractivity contribution in [1.82, 2.24) is 24.6 Å². The molecule has 0 spiro atoms. The fourth-order valence-corrected chi connectivity index (χ4v) is 2.90. The van der Waals surface area contributed by atoms with Crippen molar-refractivity contribution in [1.29, 1.82) is 0 Å². The molecule has 2 heterocycles. The van der Waals surface area contributed by atoms with Crippen LogP contribution >= 0.6 is 15.9 Å². The van der Waals surface area contributed by atoms with Gasteiger partial charge in [0.1, 0.15) is 12.2 Å². The molecule has 0 unspecified atom stereocenters. The minimum absolute atomic E-state index is 0.608. The van der Waals surface area contributed by atoms with Gasteiger partial charge in [-0.25, -0.2) is 9.67 Å². The quantitative estimate of drug-likeness (QED) is 0.740. The van der Waals surface area contributed by atoms with E-state index >= 15 is 0 Å². The number of rotatable bonds is 6. The van der Waals surface area contributed by atoms with Crippen LogP contribution < -0.4 is 0 Å². The van der Waals surface area contributed by atoms with Crippen molar-refractivity contribution in [2.45, 2.75) is 26.9 Å². The molecule has 1 aliphatic heterocycles. The van der Waals surface area contributed by atoms with E-state index in [-0.39, 0.29) is 0 Å². The summed E-state index contributed by atoms with van der Waals surface area (Å²) in [4.78, 5) is 9.39. The molecular formula is C13H24BrN5. The summed E-state index contributed by atoms with van der Waals surface area (Å²) >= 11 is 3.50. The summed E-state index contributed by atoms with van der Waals surface area (Å²) in [6.45, 7) is 12.0. The third kappa shape index (κ3) is 4.54. The summed E-state index contributed by atoms with van der Waals surface area (Å²) < 4.78 is 2.05. The van der Waals surface area contributed by atoms with Crippen LogP contribution in [0, 0.1) is 5.92 Å². The van der Waals surface area contributed by atoms with E-state index in [9.17, 15) is 0 Å². The molecule has 0 bridgehead atoms. The van der Waals surface area contributed by atoms with Crippen LogP contribution in [0.5, 0.6) is 0 Å². The number of nitrogens with zero attached hydrogens (tertiary/aromatic N) is 5. The molecule has 1 saturated heterocycles. The summed E-state index contributed by atoms with van der Waals surface area (Å²) in [6.07, 6.45) is 1.68. The van der Waals surface area contributed by atoms with E-state index in [0.29, 0.717) is 5.92 Å². The van der Waals surface area contributed by atoms with Crippen LogP contribution in [0.25, 0.3) is 0 Å². The number of hydrogen-bond acceptors (Lipinski definition) is 4. The van der Waals surface area contributed by atoms with Crippen LogP contribution in [-0.4, -0.2) is 62.6 Å². The first-order chi connectivity index (χ1) is 9.19. The second-order valence-corrected chi connectivity index (χ2v) is 6.35. The predicted molar refractivity (Wildman–Crippen MR) is 80.4 cm³/mol. The van der Waals surface area contributed by atoms with Gasteiger partial charge in [-0.1, -0.05) is 29.8 Å². The lowest BCUT2D eigenvalue weighted by atomic mass is 10.2. The van der Waals surface area contributed by atoms with E-state index in [4.69, 9.17) is 0 Å². The zero-order valence-corrected chi connectivity index (χ0v) is 13.5. The second-order valence-electron chi connectivity index (χ2n) is 5.56. The van der Waals surface area contributed by atoms with Crippen molar-refractivity contribution in [2.75, 3.05) is 38.1 Å². The molecule has 0 atom stereocenters. The number of alkyl halides is 1. The summed E-state index contributed by atoms with van der Waals surface area (Å²) in [5, 5.41) is 5.39. The van der Waals surface area contributed by atoms with Crippen LogP contribution in [0.15, 0.2) is 6.33 Å². The highest BCUT2D eigenvalue weighted by atomic mass is 79.9. The Kier molecular flexibility index (Phi) is 5.78. The smallest absolute Gasteiger partial charge is 0.141 e. The standard InChI is InChI=1S/C13H24BrN5/c1-12(2)9-19-13(15-11-16-19)10-18-7-5-17(4-3-14)6-8-18/h11-12H,3-10H2,1-2H3. The molecule has 0 N–H and O–H groups in total. The van der Waals surface area contributed by atoms with E-state index in [1.54, 1.807) is 6.33 Å². The summed E-state index contributed by atoms with van der Waals surface area (Å²) in [5.41, 5.74) is 0. The minimum Gasteiger partial charge on any atom is -0.300 e. The first-order valence-electron chi connectivity index (χ1n) is 7.06. The molecule has 5 nitrogen and oxygen atoms in total. The fraction of sp³-hybridized carbons (Fsp3) is 0.846. The van der Waals surface area contributed by atoms with Crippen LogP contribution in [0.4, 0.5) is 0 Å². The average Bonchev–Trinajstić information content (AvgIpc) is 2.79. The molecule has 108 valence electrons. The third-order valence-corrected chi connectivity index (χ3v) is 3.82. The highest BCUT2D eigenvalue weighted by Crippen LogP contribution is 2.08. The summed E-state index contributed by atoms with van der Waals surface area (Å²) in [5.74, 6) is 1.71. The van der Waals surface area contributed by atoms with Crippen molar-refractivity contribution in [3.63, 3.8) is 0 Å². The average molecular weight is 330 g/mol. The van der Waals surface area contributed by atoms with Gasteiger partial charge in [-0.05, 0) is 5.92 Å². The SMILES string of the molecule is CC(C)Cn1ncnc1CN1CCN(CCBr)CC1. The van der Waals surface area contributed by atoms with E-state index < -0.39 is 0 Å². The number of piperazine rings is 1. The topological polar surface area (TPSA) is 37.2 Å². The van der Waals surface area contributed by atoms with Crippen LogP contribution in [-0.2, 0) is 13.1 Å². The molecule has 0 radical (unpaired) electrons. The maximum absolute atomic E-state index is 4.41. The van der Waals surface area contributed by atoms with Gasteiger partial charge in [0.2, 0.25) is 0 Å². The lowest BCUT2D eigenvalue weighted by Crippen LogP contribution is -2.46. The highest BCUT2D eigenvalue weighted by Gasteiger charge is 2.18. The van der Waals surface area contributed by atoms with Crippen molar-refractivity contribution in [2.24, 2.45) is 5.92 Å². The molecule has 1 aromatic rings. The molecule has 2 rings (SSSR count). The lowest BCUT2D eigenvalue weighted by molar-refractivity contribution is 0.129. The molecule has 6 heteroatoms. The lowest BCUT2D eigenvalue weighted by Gasteiger charge is -2.34. The van der Waals surface area contributed by atoms with Gasteiger partial charge in [-0.15, -0.1) is 0 Å². The first kappa shape index (κ1) is 14.9. The van der Waals surface area contributed by atoms with Gasteiger partial charge in [0, 0.05) is 44.6 Å². The monoisotopic (exact) mass is 329 g/mol. The Morgan fingerprint density at radius 1 is 1.21 bits per heavy atom. The van der Waals surface area contributed by atoms with E-state index in [0.717, 1.165) is 57.0 Å². The van der Waals surface area contributed by atoms with Gasteiger partial charge in [-0.2, -0.15) is 5.10 Å². The van der Waals surface area contributed by atoms with Gasteiger partial charge < -0.3 is 0 Å². The summed E-state index contributed by atoms with van der Waals surface area (Å²) in [7, 11) is 0. The number of halogens is 1. The van der Waals surface area contributed by atoms with Crippen molar-refractivity contribution >= 4 is 15.9 Å². The fourth-order valence-electron chi connectivity index (χ4n) is 2.40. The molecule has 1 aliphatic rings. The number of aromatic nitrogens is 3. The Hall–Kier alpha value is -0.460. The second kappa shape index (κ2) is 7.36. The predicted octanol–water partition coefficient (Wildman–Crippen LogP) is 1.45. The zero-order valence-electron chi connectivity index (χ0n) is 11.9. The Morgan fingerprint density at radius 3 is 2.53 bits per heavy atom. The minimum atomic E-state index is 0.608. The first-order valence-corrected chi connectivity index (χ1v) is 8.18. The Morgan fingerprint density at radius 2 is 1.89 bits per heavy atom. The Bertz CT molecular complexity index is 371. The largest absolute Gasteiger partial charge is 0.300 e. The molecule has 0 aliphatic carbocycles. The van der Waals surface area contributed by atoms with Crippen molar-refractivity contribution in [3.8, 4) is 0 Å². The Labute approximate surface area is 124 Å². The van der Waals surface area contributed by atoms with E-state index in [2.05, 4.69) is 54.3 Å². The molecule has 1 fully saturated rings. The van der Waals surface area contributed by atoms with Crippen LogP contribution in [0.2, 0.25) is 0 Å². The Balaban J connectivity index is 1.84. The molecule has 0 aromatic carbocycles. The highest BCUT2D eigenvalue weighted by molar-refractivity contribution is 9.09. The zero-order chi connectivity index (χ0) is 13.7. The number of hydrogen-bond donors (Lipinski definition) is 0. The van der Waals surface area contributed by atoms with Crippen LogP contribution in [0.3, 0.4) is 0 Å². The normalized spacial score (nSPS) is 18.3. The van der Waals surface area contributed by atoms with E-state index in [1.165, 1.54) is 0 Å². The van der Waals surface area contributed by atoms with Gasteiger partial charge in [0.15, 0.2) is 0 Å². The maximum Gasteiger partial charge on any atom is 0.141 e. The van der Waals surface area contributed by atoms with Crippen molar-refractivity contribution in [3.05, 3.63) is 12.2 Å². The van der Waals surface area contributed by atoms with Crippen molar-refractivity contribution < 1.29 is 0 Å². The molecule has 0 amide bonds. The van der Waals surface area contributed by atoms with E-state index in [1.807, 2.05) is 0 Å². The molecule has 19 heavy (non-hydrogen) atoms. The van der Waals surface area contributed by atoms with Gasteiger partial charge in [0.05, 0.1) is 6.54 Å². The molecule has 1 aromatic heterocycles. The van der Waals surface area contributed by atoms with Gasteiger partial charge in [-0.3, -0.25) is 9.80 Å². The van der Waals surface area contributed by atoms with Crippen LogP contribution in [0.1, 0.15) is 19.7 Å². The van der Waals surface area contributed by atoms with Gasteiger partial charge >= 0.3 is 0 Å². The maximum atomic E-state index is 4.41. The molecular weight excluding hydrogens is 306 g/mol. The van der Waals surface area contributed by atoms with Gasteiger partial charge in [0.25, 0.3) is 0 Å². The molecule has 0 saturated carbocycles. The summed E-state index contributed by atoms with van der Waals surface area (Å²) in [6, 6.07) is 0. The third-order valence-electron chi connectivity index (χ3n) is 3.46.